The van der Waals surface area contributed by atoms with Gasteiger partial charge in [0.25, 0.3) is 0 Å². The maximum absolute atomic E-state index is 8.09. The zero-order valence-electron chi connectivity index (χ0n) is 7.09. The predicted octanol–water partition coefficient (Wildman–Crippen LogP) is -8.92. The Hall–Kier alpha value is 1.48. The van der Waals surface area contributed by atoms with E-state index in [2.05, 4.69) is 0 Å². The van der Waals surface area contributed by atoms with Gasteiger partial charge in [-0.3, -0.25) is 0 Å². The third-order valence-corrected chi connectivity index (χ3v) is 1.67. The van der Waals surface area contributed by atoms with Crippen LogP contribution in [0.5, 0.6) is 0 Å². The van der Waals surface area contributed by atoms with Gasteiger partial charge >= 0.3 is 142 Å². The van der Waals surface area contributed by atoms with Crippen LogP contribution in [0.4, 0.5) is 0 Å². The molecule has 0 aliphatic heterocycles. The molecule has 0 bridgehead atoms. The molecule has 0 N–H and O–H groups in total. The minimum Gasteiger partial charge on any atom is 1.00 e. The van der Waals surface area contributed by atoms with Gasteiger partial charge in [0.15, 0.2) is 0 Å². The van der Waals surface area contributed by atoms with Crippen LogP contribution in [0.25, 0.3) is 0 Å². The second kappa shape index (κ2) is 12.5. The van der Waals surface area contributed by atoms with Gasteiger partial charge in [-0.2, -0.15) is 0 Å². The van der Waals surface area contributed by atoms with E-state index in [-0.39, 0.29) is 88.7 Å². The molecule has 0 amide bonds. The van der Waals surface area contributed by atoms with E-state index in [0.717, 1.165) is 0 Å². The number of nitrogens with zero attached hydrogens (tertiary/aromatic N) is 4. The standard InChI is InChI=1S/4CN.Cu.3Na/c4*1-2;;;;/q;;;;-3;3*+1. The molecule has 0 radical (unpaired) electrons. The van der Waals surface area contributed by atoms with Gasteiger partial charge in [0.2, 0.25) is 0 Å². The molecule has 0 atom stereocenters. The fourth-order valence-electron chi connectivity index (χ4n) is 0.0905. The van der Waals surface area contributed by atoms with Crippen LogP contribution in [0.1, 0.15) is 0 Å². The van der Waals surface area contributed by atoms with Crippen molar-refractivity contribution >= 4 is 0 Å². The van der Waals surface area contributed by atoms with Crippen molar-refractivity contribution < 1.29 is 102 Å². The van der Waals surface area contributed by atoms with Crippen molar-refractivity contribution in [2.75, 3.05) is 0 Å². The zero-order chi connectivity index (χ0) is 7.33. The maximum atomic E-state index is 8.09. The smallest absolute Gasteiger partial charge is 1.00 e. The maximum Gasteiger partial charge on any atom is 1.00 e. The predicted molar refractivity (Wildman–Crippen MR) is 22.5 cm³/mol. The monoisotopic (exact) mass is 236 g/mol. The fraction of sp³-hybridized carbons (Fsp3) is 0. The third kappa shape index (κ3) is 6.94. The molecule has 0 spiro atoms. The van der Waals surface area contributed by atoms with E-state index in [4.69, 9.17) is 21.0 Å². The molecule has 0 aliphatic rings. The molecule has 0 aromatic carbocycles. The summed E-state index contributed by atoms with van der Waals surface area (Å²) >= 11 is -2.88. The van der Waals surface area contributed by atoms with E-state index in [0.29, 0.717) is 0 Å². The first-order valence-electron chi connectivity index (χ1n) is 1.50. The van der Waals surface area contributed by atoms with Crippen molar-refractivity contribution in [1.29, 1.82) is 21.0 Å². The average Bonchev–Trinajstić information content (AvgIpc) is 1.95. The Morgan fingerprint density at radius 3 is 0.750 bits per heavy atom. The number of hydrogen-bond donors (Lipinski definition) is 0. The molecule has 0 unspecified atom stereocenters. The summed E-state index contributed by atoms with van der Waals surface area (Å²) in [4.78, 5) is 5.44. The summed E-state index contributed by atoms with van der Waals surface area (Å²) in [5.41, 5.74) is 0. The van der Waals surface area contributed by atoms with Crippen molar-refractivity contribution in [1.82, 2.24) is 0 Å². The molecule has 0 heterocycles. The topological polar surface area (TPSA) is 95.2 Å². The SMILES string of the molecule is N#[C][Cu-3]([C]#N)([C]#N)[C]#N.[Na+].[Na+].[Na+]. The average molecular weight is 237 g/mol. The molecule has 4 nitrogen and oxygen atoms in total. The molecule has 0 aliphatic carbocycles. The normalized spacial score (nSPS) is 7.00. The number of rotatable bonds is 0. The minimum atomic E-state index is -2.88. The van der Waals surface area contributed by atoms with Crippen LogP contribution >= 0.6 is 0 Å². The first-order valence-corrected chi connectivity index (χ1v) is 3.38. The fourth-order valence-corrected chi connectivity index (χ4v) is 0.373. The first kappa shape index (κ1) is 23.4. The van der Waals surface area contributed by atoms with E-state index < -0.39 is 12.8 Å². The molecule has 0 aromatic rings. The van der Waals surface area contributed by atoms with Crippen molar-refractivity contribution in [3.8, 4) is 19.9 Å². The molecule has 0 saturated carbocycles. The number of hydrogen-bond acceptors (Lipinski definition) is 4. The summed E-state index contributed by atoms with van der Waals surface area (Å²) < 4.78 is 0. The van der Waals surface area contributed by atoms with E-state index in [1.807, 2.05) is 0 Å². The van der Waals surface area contributed by atoms with E-state index in [9.17, 15) is 0 Å². The van der Waals surface area contributed by atoms with E-state index >= 15 is 0 Å². The van der Waals surface area contributed by atoms with Crippen LogP contribution in [0.3, 0.4) is 0 Å². The molecular weight excluding hydrogens is 237 g/mol. The van der Waals surface area contributed by atoms with Gasteiger partial charge in [-0.25, -0.2) is 0 Å². The molecule has 12 heavy (non-hydrogen) atoms. The van der Waals surface area contributed by atoms with Gasteiger partial charge < -0.3 is 0 Å². The minimum absolute atomic E-state index is 0. The largest absolute Gasteiger partial charge is 1.00 e. The second-order valence-corrected chi connectivity index (χ2v) is 2.98. The van der Waals surface area contributed by atoms with Crippen LogP contribution in [-0.2, 0) is 12.8 Å². The van der Waals surface area contributed by atoms with E-state index in [1.165, 1.54) is 19.9 Å². The molecule has 0 aromatic heterocycles. The third-order valence-electron chi connectivity index (χ3n) is 0.405. The van der Waals surface area contributed by atoms with Gasteiger partial charge in [-0.1, -0.05) is 0 Å². The Bertz CT molecular complexity index is 215. The zero-order valence-corrected chi connectivity index (χ0v) is 14.0. The van der Waals surface area contributed by atoms with Gasteiger partial charge in [0.1, 0.15) is 0 Å². The Morgan fingerprint density at radius 2 is 0.750 bits per heavy atom. The first-order chi connectivity index (χ1) is 4.24. The van der Waals surface area contributed by atoms with Crippen LogP contribution in [-0.4, -0.2) is 0 Å². The molecule has 8 heteroatoms. The molecule has 0 fully saturated rings. The summed E-state index contributed by atoms with van der Waals surface area (Å²) in [5, 5.41) is 32.4. The molecule has 0 rings (SSSR count). The van der Waals surface area contributed by atoms with Gasteiger partial charge in [0, 0.05) is 0 Å². The van der Waals surface area contributed by atoms with Crippen molar-refractivity contribution in [3.05, 3.63) is 0 Å². The quantitative estimate of drug-likeness (QED) is 0.390. The molecule has 0 saturated heterocycles. The van der Waals surface area contributed by atoms with Crippen LogP contribution in [0.15, 0.2) is 0 Å². The summed E-state index contributed by atoms with van der Waals surface area (Å²) in [6.07, 6.45) is 0. The Kier molecular flexibility index (Phi) is 24.3. The summed E-state index contributed by atoms with van der Waals surface area (Å²) in [5.74, 6) is 0. The Balaban J connectivity index is -0.000000107. The Morgan fingerprint density at radius 1 is 0.583 bits per heavy atom. The van der Waals surface area contributed by atoms with Crippen molar-refractivity contribution in [2.45, 2.75) is 0 Å². The molecular formula is C4CuN4Na3. The van der Waals surface area contributed by atoms with E-state index in [1.54, 1.807) is 0 Å². The second-order valence-electron chi connectivity index (χ2n) is 0.722. The summed E-state index contributed by atoms with van der Waals surface area (Å²) in [6.45, 7) is 0. The molecule has 50 valence electrons. The van der Waals surface area contributed by atoms with Crippen LogP contribution < -0.4 is 88.7 Å². The van der Waals surface area contributed by atoms with Crippen LogP contribution in [0, 0.1) is 40.9 Å². The van der Waals surface area contributed by atoms with Crippen molar-refractivity contribution in [2.24, 2.45) is 0 Å². The van der Waals surface area contributed by atoms with Gasteiger partial charge in [0.05, 0.1) is 0 Å². The van der Waals surface area contributed by atoms with Gasteiger partial charge in [-0.15, -0.1) is 0 Å². The number of nitriles is 4. The van der Waals surface area contributed by atoms with Crippen molar-refractivity contribution in [3.63, 3.8) is 0 Å². The summed E-state index contributed by atoms with van der Waals surface area (Å²) in [6, 6.07) is 0. The Labute approximate surface area is 140 Å². The summed E-state index contributed by atoms with van der Waals surface area (Å²) in [7, 11) is 0. The van der Waals surface area contributed by atoms with Gasteiger partial charge in [-0.05, 0) is 0 Å². The van der Waals surface area contributed by atoms with Crippen LogP contribution in [0.2, 0.25) is 0 Å².